The molecule has 3 nitrogen and oxygen atoms in total. The summed E-state index contributed by atoms with van der Waals surface area (Å²) in [5, 5.41) is 3.14. The molecule has 0 aromatic heterocycles. The molecular formula is C14H28N2O. The molecule has 1 saturated carbocycles. The van der Waals surface area contributed by atoms with Crippen molar-refractivity contribution in [2.75, 3.05) is 0 Å². The zero-order valence-electron chi connectivity index (χ0n) is 11.9. The molecule has 0 aliphatic heterocycles. The van der Waals surface area contributed by atoms with Gasteiger partial charge in [-0.05, 0) is 37.5 Å². The van der Waals surface area contributed by atoms with E-state index in [0.717, 1.165) is 19.3 Å². The maximum atomic E-state index is 12.2. The van der Waals surface area contributed by atoms with Crippen molar-refractivity contribution in [2.45, 2.75) is 66.0 Å². The van der Waals surface area contributed by atoms with Crippen LogP contribution in [-0.4, -0.2) is 18.0 Å². The molecule has 0 aromatic rings. The molecule has 1 aliphatic carbocycles. The summed E-state index contributed by atoms with van der Waals surface area (Å²) < 4.78 is 0. The Morgan fingerprint density at radius 2 is 1.88 bits per heavy atom. The Morgan fingerprint density at radius 1 is 1.29 bits per heavy atom. The van der Waals surface area contributed by atoms with E-state index in [9.17, 15) is 4.79 Å². The van der Waals surface area contributed by atoms with E-state index in [1.807, 2.05) is 0 Å². The van der Waals surface area contributed by atoms with E-state index in [4.69, 9.17) is 5.73 Å². The summed E-state index contributed by atoms with van der Waals surface area (Å²) in [4.78, 5) is 12.2. The molecule has 0 bridgehead atoms. The van der Waals surface area contributed by atoms with Gasteiger partial charge in [-0.15, -0.1) is 0 Å². The second-order valence-electron chi connectivity index (χ2n) is 6.87. The SMILES string of the molecule is CC1CC(N)CC(C(=O)NC(C)C(C)(C)C)C1. The number of hydrogen-bond acceptors (Lipinski definition) is 2. The lowest BCUT2D eigenvalue weighted by molar-refractivity contribution is -0.128. The molecule has 4 unspecified atom stereocenters. The Balaban J connectivity index is 2.53. The van der Waals surface area contributed by atoms with Gasteiger partial charge in [0.2, 0.25) is 5.91 Å². The van der Waals surface area contributed by atoms with Crippen molar-refractivity contribution >= 4 is 5.91 Å². The monoisotopic (exact) mass is 240 g/mol. The zero-order valence-corrected chi connectivity index (χ0v) is 11.9. The lowest BCUT2D eigenvalue weighted by Crippen LogP contribution is -2.46. The minimum atomic E-state index is 0.109. The highest BCUT2D eigenvalue weighted by atomic mass is 16.1. The molecule has 1 rings (SSSR count). The van der Waals surface area contributed by atoms with Crippen LogP contribution in [0.4, 0.5) is 0 Å². The minimum absolute atomic E-state index is 0.109. The normalized spacial score (nSPS) is 32.0. The molecule has 0 aromatic carbocycles. The van der Waals surface area contributed by atoms with Crippen molar-refractivity contribution in [2.24, 2.45) is 23.0 Å². The molecule has 1 amide bonds. The smallest absolute Gasteiger partial charge is 0.223 e. The highest BCUT2D eigenvalue weighted by Crippen LogP contribution is 2.29. The Kier molecular flexibility index (Phi) is 4.59. The van der Waals surface area contributed by atoms with Gasteiger partial charge in [-0.1, -0.05) is 27.7 Å². The van der Waals surface area contributed by atoms with Crippen LogP contribution in [0, 0.1) is 17.3 Å². The van der Waals surface area contributed by atoms with Gasteiger partial charge in [-0.3, -0.25) is 4.79 Å². The van der Waals surface area contributed by atoms with Crippen molar-refractivity contribution in [3.05, 3.63) is 0 Å². The summed E-state index contributed by atoms with van der Waals surface area (Å²) in [6.07, 6.45) is 2.88. The Hall–Kier alpha value is -0.570. The third kappa shape index (κ3) is 4.30. The van der Waals surface area contributed by atoms with E-state index in [-0.39, 0.29) is 29.3 Å². The second kappa shape index (κ2) is 5.38. The van der Waals surface area contributed by atoms with Crippen LogP contribution in [0.1, 0.15) is 53.9 Å². The number of nitrogens with two attached hydrogens (primary N) is 1. The van der Waals surface area contributed by atoms with Gasteiger partial charge in [0.05, 0.1) is 0 Å². The number of nitrogens with one attached hydrogen (secondary N) is 1. The van der Waals surface area contributed by atoms with Gasteiger partial charge in [-0.2, -0.15) is 0 Å². The summed E-state index contributed by atoms with van der Waals surface area (Å²) in [5.41, 5.74) is 6.10. The number of amides is 1. The van der Waals surface area contributed by atoms with Crippen LogP contribution in [0.25, 0.3) is 0 Å². The highest BCUT2D eigenvalue weighted by Gasteiger charge is 2.31. The molecule has 1 fully saturated rings. The average Bonchev–Trinajstić information content (AvgIpc) is 2.14. The van der Waals surface area contributed by atoms with Gasteiger partial charge in [0, 0.05) is 18.0 Å². The van der Waals surface area contributed by atoms with Crippen LogP contribution in [0.3, 0.4) is 0 Å². The van der Waals surface area contributed by atoms with E-state index in [2.05, 4.69) is 39.9 Å². The number of carbonyl (C=O) groups excluding carboxylic acids is 1. The topological polar surface area (TPSA) is 55.1 Å². The molecule has 1 aliphatic rings. The molecule has 17 heavy (non-hydrogen) atoms. The third-order valence-corrected chi connectivity index (χ3v) is 4.01. The molecule has 0 heterocycles. The van der Waals surface area contributed by atoms with Gasteiger partial charge in [0.1, 0.15) is 0 Å². The summed E-state index contributed by atoms with van der Waals surface area (Å²) in [7, 11) is 0. The first-order valence-electron chi connectivity index (χ1n) is 6.76. The molecular weight excluding hydrogens is 212 g/mol. The maximum absolute atomic E-state index is 12.2. The Labute approximate surface area is 106 Å². The van der Waals surface area contributed by atoms with Crippen LogP contribution in [0.2, 0.25) is 0 Å². The van der Waals surface area contributed by atoms with Crippen molar-refractivity contribution in [1.29, 1.82) is 0 Å². The lowest BCUT2D eigenvalue weighted by Gasteiger charge is -2.34. The van der Waals surface area contributed by atoms with E-state index < -0.39 is 0 Å². The molecule has 100 valence electrons. The first kappa shape index (κ1) is 14.5. The van der Waals surface area contributed by atoms with Crippen molar-refractivity contribution in [1.82, 2.24) is 5.32 Å². The predicted octanol–water partition coefficient (Wildman–Crippen LogP) is 2.30. The maximum Gasteiger partial charge on any atom is 0.223 e. The van der Waals surface area contributed by atoms with Crippen molar-refractivity contribution < 1.29 is 4.79 Å². The van der Waals surface area contributed by atoms with Gasteiger partial charge in [0.25, 0.3) is 0 Å². The first-order chi connectivity index (χ1) is 7.70. The number of carbonyl (C=O) groups is 1. The molecule has 0 saturated heterocycles. The summed E-state index contributed by atoms with van der Waals surface area (Å²) >= 11 is 0. The summed E-state index contributed by atoms with van der Waals surface area (Å²) in [5.74, 6) is 0.868. The van der Waals surface area contributed by atoms with Crippen LogP contribution in [0.5, 0.6) is 0 Å². The van der Waals surface area contributed by atoms with Crippen LogP contribution >= 0.6 is 0 Å². The quantitative estimate of drug-likeness (QED) is 0.778. The van der Waals surface area contributed by atoms with Crippen LogP contribution in [-0.2, 0) is 4.79 Å². The highest BCUT2D eigenvalue weighted by molar-refractivity contribution is 5.79. The van der Waals surface area contributed by atoms with E-state index in [0.29, 0.717) is 5.92 Å². The van der Waals surface area contributed by atoms with Gasteiger partial charge in [0.15, 0.2) is 0 Å². The molecule has 0 spiro atoms. The second-order valence-corrected chi connectivity index (χ2v) is 6.87. The van der Waals surface area contributed by atoms with Gasteiger partial charge >= 0.3 is 0 Å². The molecule has 3 N–H and O–H groups in total. The van der Waals surface area contributed by atoms with Gasteiger partial charge < -0.3 is 11.1 Å². The van der Waals surface area contributed by atoms with E-state index in [1.165, 1.54) is 0 Å². The zero-order chi connectivity index (χ0) is 13.2. The third-order valence-electron chi connectivity index (χ3n) is 4.01. The van der Waals surface area contributed by atoms with Gasteiger partial charge in [-0.25, -0.2) is 0 Å². The largest absolute Gasteiger partial charge is 0.353 e. The Morgan fingerprint density at radius 3 is 2.35 bits per heavy atom. The van der Waals surface area contributed by atoms with E-state index >= 15 is 0 Å². The van der Waals surface area contributed by atoms with Crippen LogP contribution in [0.15, 0.2) is 0 Å². The fourth-order valence-electron chi connectivity index (χ4n) is 2.42. The van der Waals surface area contributed by atoms with Crippen LogP contribution < -0.4 is 11.1 Å². The van der Waals surface area contributed by atoms with E-state index in [1.54, 1.807) is 0 Å². The Bertz CT molecular complexity index is 260. The minimum Gasteiger partial charge on any atom is -0.353 e. The molecule has 0 radical (unpaired) electrons. The fraction of sp³-hybridized carbons (Fsp3) is 0.929. The standard InChI is InChI=1S/C14H28N2O/c1-9-6-11(8-12(15)7-9)13(17)16-10(2)14(3,4)5/h9-12H,6-8,15H2,1-5H3,(H,16,17). The van der Waals surface area contributed by atoms with Crippen molar-refractivity contribution in [3.63, 3.8) is 0 Å². The molecule has 4 atom stereocenters. The number of hydrogen-bond donors (Lipinski definition) is 2. The van der Waals surface area contributed by atoms with Crippen molar-refractivity contribution in [3.8, 4) is 0 Å². The summed E-state index contributed by atoms with van der Waals surface area (Å²) in [6.45, 7) is 10.7. The fourth-order valence-corrected chi connectivity index (χ4v) is 2.42. The average molecular weight is 240 g/mol. The first-order valence-corrected chi connectivity index (χ1v) is 6.76. The lowest BCUT2D eigenvalue weighted by atomic mass is 9.79. The number of rotatable bonds is 2. The summed E-state index contributed by atoms with van der Waals surface area (Å²) in [6, 6.07) is 0.392. The molecule has 3 heteroatoms. The predicted molar refractivity (Wildman–Crippen MR) is 71.5 cm³/mol.